The Balaban J connectivity index is 2.41. The van der Waals surface area contributed by atoms with Crippen LogP contribution in [-0.4, -0.2) is 44.3 Å². The fourth-order valence-electron chi connectivity index (χ4n) is 2.51. The molecule has 1 aromatic rings. The number of morpholine rings is 1. The van der Waals surface area contributed by atoms with Crippen LogP contribution in [-0.2, 0) is 14.9 Å². The number of hydrogen-bond acceptors (Lipinski definition) is 3. The summed E-state index contributed by atoms with van der Waals surface area (Å²) in [7, 11) is 0. The quantitative estimate of drug-likeness (QED) is 0.808. The summed E-state index contributed by atoms with van der Waals surface area (Å²) in [6.07, 6.45) is -5.96. The van der Waals surface area contributed by atoms with Crippen molar-refractivity contribution in [2.45, 2.75) is 38.3 Å². The van der Waals surface area contributed by atoms with Gasteiger partial charge in [0.25, 0.3) is 0 Å². The number of halogens is 5. The van der Waals surface area contributed by atoms with Crippen LogP contribution in [0.5, 0.6) is 0 Å². The van der Waals surface area contributed by atoms with Gasteiger partial charge in [-0.25, -0.2) is 0 Å². The summed E-state index contributed by atoms with van der Waals surface area (Å²) in [6, 6.07) is 4.82. The first-order valence-electron chi connectivity index (χ1n) is 8.07. The molecule has 0 unspecified atom stereocenters. The molecule has 2 rings (SSSR count). The molecule has 146 valence electrons. The van der Waals surface area contributed by atoms with Crippen molar-refractivity contribution in [2.24, 2.45) is 0 Å². The topological polar surface area (TPSA) is 41.6 Å². The summed E-state index contributed by atoms with van der Waals surface area (Å²) in [5.74, 6) is -7.88. The van der Waals surface area contributed by atoms with Gasteiger partial charge in [-0.05, 0) is 23.1 Å². The van der Waals surface area contributed by atoms with Crippen molar-refractivity contribution in [3.05, 3.63) is 23.8 Å². The molecule has 1 heterocycles. The van der Waals surface area contributed by atoms with Gasteiger partial charge in [0.2, 0.25) is 0 Å². The Hall–Kier alpha value is -1.90. The summed E-state index contributed by atoms with van der Waals surface area (Å²) >= 11 is 0. The molecule has 0 aromatic heterocycles. The van der Waals surface area contributed by atoms with Crippen LogP contribution in [0.15, 0.2) is 18.2 Å². The lowest BCUT2D eigenvalue weighted by Crippen LogP contribution is -2.47. The monoisotopic (exact) mass is 380 g/mol. The summed E-state index contributed by atoms with van der Waals surface area (Å²) in [5, 5.41) is 1.78. The van der Waals surface area contributed by atoms with Crippen molar-refractivity contribution >= 4 is 17.3 Å². The Morgan fingerprint density at radius 2 is 1.65 bits per heavy atom. The predicted octanol–water partition coefficient (Wildman–Crippen LogP) is 3.96. The number of nitrogens with zero attached hydrogens (tertiary/aromatic N) is 1. The zero-order valence-electron chi connectivity index (χ0n) is 14.7. The van der Waals surface area contributed by atoms with E-state index < -0.39 is 18.0 Å². The van der Waals surface area contributed by atoms with Gasteiger partial charge in [0, 0.05) is 13.1 Å². The molecular weight excluding hydrogens is 359 g/mol. The maximum absolute atomic E-state index is 13.3. The lowest BCUT2D eigenvalue weighted by atomic mass is 9.86. The molecule has 1 fully saturated rings. The van der Waals surface area contributed by atoms with E-state index in [4.69, 9.17) is 4.74 Å². The molecule has 1 saturated heterocycles. The van der Waals surface area contributed by atoms with E-state index in [2.05, 4.69) is 0 Å². The molecule has 0 saturated carbocycles. The standard InChI is InChI=1S/C17H21F5N2O2/c1-15(2,3)11-4-5-13(24-6-8-26-9-7-24)12(10-11)23-14(25)16(18,19)17(20,21)22/h4-5,10H,6-9H2,1-3H3,(H,23,25). The molecular formula is C17H21F5N2O2. The molecule has 0 atom stereocenters. The van der Waals surface area contributed by atoms with Gasteiger partial charge >= 0.3 is 18.0 Å². The Labute approximate surface area is 148 Å². The molecule has 1 aromatic carbocycles. The number of hydrogen-bond donors (Lipinski definition) is 1. The van der Waals surface area contributed by atoms with Crippen LogP contribution in [0, 0.1) is 0 Å². The summed E-state index contributed by atoms with van der Waals surface area (Å²) < 4.78 is 69.3. The Kier molecular flexibility index (Phi) is 5.51. The lowest BCUT2D eigenvalue weighted by Gasteiger charge is -2.32. The Morgan fingerprint density at radius 3 is 2.15 bits per heavy atom. The number of carbonyl (C=O) groups is 1. The van der Waals surface area contributed by atoms with E-state index in [-0.39, 0.29) is 11.1 Å². The average Bonchev–Trinajstić information content (AvgIpc) is 2.53. The molecule has 4 nitrogen and oxygen atoms in total. The third-order valence-corrected chi connectivity index (χ3v) is 4.10. The molecule has 1 amide bonds. The number of nitrogens with one attached hydrogen (secondary N) is 1. The van der Waals surface area contributed by atoms with Gasteiger partial charge in [0.15, 0.2) is 0 Å². The van der Waals surface area contributed by atoms with Crippen LogP contribution in [0.3, 0.4) is 0 Å². The van der Waals surface area contributed by atoms with Crippen molar-refractivity contribution in [1.82, 2.24) is 0 Å². The van der Waals surface area contributed by atoms with E-state index in [0.29, 0.717) is 37.6 Å². The number of rotatable bonds is 3. The number of carbonyl (C=O) groups excluding carboxylic acids is 1. The van der Waals surface area contributed by atoms with Crippen LogP contribution in [0.2, 0.25) is 0 Å². The van der Waals surface area contributed by atoms with Crippen molar-refractivity contribution in [2.75, 3.05) is 36.5 Å². The van der Waals surface area contributed by atoms with Gasteiger partial charge in [-0.15, -0.1) is 0 Å². The SMILES string of the molecule is CC(C)(C)c1ccc(N2CCOCC2)c(NC(=O)C(F)(F)C(F)(F)F)c1. The third-order valence-electron chi connectivity index (χ3n) is 4.10. The van der Waals surface area contributed by atoms with Crippen LogP contribution in [0.4, 0.5) is 33.3 Å². The average molecular weight is 380 g/mol. The highest BCUT2D eigenvalue weighted by molar-refractivity contribution is 5.99. The largest absolute Gasteiger partial charge is 0.463 e. The normalized spacial score (nSPS) is 16.5. The summed E-state index contributed by atoms with van der Waals surface area (Å²) in [5.41, 5.74) is 0.622. The van der Waals surface area contributed by atoms with Crippen molar-refractivity contribution in [3.8, 4) is 0 Å². The number of amides is 1. The van der Waals surface area contributed by atoms with Gasteiger partial charge in [-0.1, -0.05) is 26.8 Å². The Bertz CT molecular complexity index is 662. The highest BCUT2D eigenvalue weighted by atomic mass is 19.4. The van der Waals surface area contributed by atoms with Gasteiger partial charge in [-0.2, -0.15) is 22.0 Å². The van der Waals surface area contributed by atoms with Crippen LogP contribution >= 0.6 is 0 Å². The van der Waals surface area contributed by atoms with E-state index in [1.807, 2.05) is 20.8 Å². The molecule has 0 bridgehead atoms. The zero-order chi connectivity index (χ0) is 19.8. The van der Waals surface area contributed by atoms with Crippen LogP contribution < -0.4 is 10.2 Å². The first-order valence-corrected chi connectivity index (χ1v) is 8.07. The van der Waals surface area contributed by atoms with Crippen molar-refractivity contribution in [3.63, 3.8) is 0 Å². The molecule has 9 heteroatoms. The number of anilines is 2. The van der Waals surface area contributed by atoms with Gasteiger partial charge < -0.3 is 15.0 Å². The predicted molar refractivity (Wildman–Crippen MR) is 87.8 cm³/mol. The second-order valence-corrected chi connectivity index (χ2v) is 7.11. The van der Waals surface area contributed by atoms with Crippen LogP contribution in [0.1, 0.15) is 26.3 Å². The number of ether oxygens (including phenoxy) is 1. The zero-order valence-corrected chi connectivity index (χ0v) is 14.7. The maximum atomic E-state index is 13.3. The minimum atomic E-state index is -5.96. The van der Waals surface area contributed by atoms with Gasteiger partial charge in [0.05, 0.1) is 24.6 Å². The minimum absolute atomic E-state index is 0.0757. The van der Waals surface area contributed by atoms with E-state index in [0.717, 1.165) is 0 Å². The fraction of sp³-hybridized carbons (Fsp3) is 0.588. The minimum Gasteiger partial charge on any atom is -0.378 e. The Morgan fingerprint density at radius 1 is 1.08 bits per heavy atom. The molecule has 0 aliphatic carbocycles. The van der Waals surface area contributed by atoms with E-state index >= 15 is 0 Å². The number of benzene rings is 1. The highest BCUT2D eigenvalue weighted by Crippen LogP contribution is 2.38. The molecule has 1 aliphatic rings. The van der Waals surface area contributed by atoms with E-state index in [1.165, 1.54) is 6.07 Å². The smallest absolute Gasteiger partial charge is 0.378 e. The molecule has 1 N–H and O–H groups in total. The fourth-order valence-corrected chi connectivity index (χ4v) is 2.51. The van der Waals surface area contributed by atoms with Crippen molar-refractivity contribution < 1.29 is 31.5 Å². The van der Waals surface area contributed by atoms with Crippen LogP contribution in [0.25, 0.3) is 0 Å². The van der Waals surface area contributed by atoms with Gasteiger partial charge in [-0.3, -0.25) is 4.79 Å². The summed E-state index contributed by atoms with van der Waals surface area (Å²) in [4.78, 5) is 13.4. The molecule has 0 radical (unpaired) electrons. The molecule has 26 heavy (non-hydrogen) atoms. The summed E-state index contributed by atoms with van der Waals surface area (Å²) in [6.45, 7) is 7.27. The number of alkyl halides is 5. The second kappa shape index (κ2) is 7.02. The molecule has 0 spiro atoms. The first-order chi connectivity index (χ1) is 11.8. The molecule has 1 aliphatic heterocycles. The first kappa shape index (κ1) is 20.4. The highest BCUT2D eigenvalue weighted by Gasteiger charge is 2.63. The van der Waals surface area contributed by atoms with Crippen molar-refractivity contribution in [1.29, 1.82) is 0 Å². The third kappa shape index (κ3) is 4.25. The second-order valence-electron chi connectivity index (χ2n) is 7.11. The maximum Gasteiger partial charge on any atom is 0.463 e. The van der Waals surface area contributed by atoms with Gasteiger partial charge in [0.1, 0.15) is 0 Å². The van der Waals surface area contributed by atoms with E-state index in [9.17, 15) is 26.7 Å². The van der Waals surface area contributed by atoms with E-state index in [1.54, 1.807) is 22.3 Å². The lowest BCUT2D eigenvalue weighted by molar-refractivity contribution is -0.267.